The summed E-state index contributed by atoms with van der Waals surface area (Å²) in [4.78, 5) is 29.6. The van der Waals surface area contributed by atoms with Crippen LogP contribution in [0.1, 0.15) is 28.8 Å². The molecular weight excluding hydrogens is 320 g/mol. The molecule has 2 rings (SSSR count). The zero-order valence-electron chi connectivity index (χ0n) is 15.6. The highest BCUT2D eigenvalue weighted by Gasteiger charge is 2.23. The molecule has 0 unspecified atom stereocenters. The number of carbonyl (C=O) groups is 1. The molecule has 0 atom stereocenters. The lowest BCUT2D eigenvalue weighted by atomic mass is 10.0. The quantitative estimate of drug-likeness (QED) is 0.581. The summed E-state index contributed by atoms with van der Waals surface area (Å²) in [5.41, 5.74) is 0.814. The van der Waals surface area contributed by atoms with E-state index in [1.54, 1.807) is 31.0 Å². The molecule has 1 heterocycles. The van der Waals surface area contributed by atoms with Gasteiger partial charge in [0.2, 0.25) is 0 Å². The van der Waals surface area contributed by atoms with Crippen LogP contribution in [-0.4, -0.2) is 78.9 Å². The second-order valence-corrected chi connectivity index (χ2v) is 6.95. The Morgan fingerprint density at radius 1 is 1.28 bits per heavy atom. The smallest absolute Gasteiger partial charge is 0.273 e. The van der Waals surface area contributed by atoms with Gasteiger partial charge in [0.15, 0.2) is 0 Å². The van der Waals surface area contributed by atoms with Crippen LogP contribution in [0.2, 0.25) is 0 Å². The molecule has 7 nitrogen and oxygen atoms in total. The van der Waals surface area contributed by atoms with Gasteiger partial charge in [0.1, 0.15) is 0 Å². The van der Waals surface area contributed by atoms with Crippen LogP contribution in [0.25, 0.3) is 0 Å². The number of carbonyl (C=O) groups excluding carboxylic acids is 1. The molecule has 1 amide bonds. The number of amides is 1. The maximum absolute atomic E-state index is 12.7. The number of nitro benzene ring substituents is 1. The van der Waals surface area contributed by atoms with E-state index in [9.17, 15) is 14.9 Å². The number of hydrogen-bond donors (Lipinski definition) is 0. The van der Waals surface area contributed by atoms with Crippen molar-refractivity contribution in [3.63, 3.8) is 0 Å². The van der Waals surface area contributed by atoms with Gasteiger partial charge in [-0.05, 0) is 53.0 Å². The first-order chi connectivity index (χ1) is 11.8. The second kappa shape index (κ2) is 8.40. The predicted molar refractivity (Wildman–Crippen MR) is 97.9 cm³/mol. The van der Waals surface area contributed by atoms with Crippen molar-refractivity contribution < 1.29 is 9.72 Å². The van der Waals surface area contributed by atoms with E-state index in [-0.39, 0.29) is 11.6 Å². The summed E-state index contributed by atoms with van der Waals surface area (Å²) in [6, 6.07) is 5.21. The van der Waals surface area contributed by atoms with Crippen LogP contribution in [0.3, 0.4) is 0 Å². The van der Waals surface area contributed by atoms with Gasteiger partial charge in [0.05, 0.1) is 4.92 Å². The summed E-state index contributed by atoms with van der Waals surface area (Å²) in [7, 11) is 6.00. The van der Waals surface area contributed by atoms with Crippen LogP contribution in [-0.2, 0) is 0 Å². The average molecular weight is 348 g/mol. The van der Waals surface area contributed by atoms with Gasteiger partial charge in [-0.15, -0.1) is 0 Å². The topological polar surface area (TPSA) is 69.9 Å². The predicted octanol–water partition coefficient (Wildman–Crippen LogP) is 2.00. The molecule has 7 heteroatoms. The molecule has 1 fully saturated rings. The lowest BCUT2D eigenvalue weighted by molar-refractivity contribution is -0.385. The van der Waals surface area contributed by atoms with Gasteiger partial charge in [0, 0.05) is 43.4 Å². The molecule has 1 aliphatic heterocycles. The average Bonchev–Trinajstić information content (AvgIpc) is 2.59. The molecule has 1 saturated heterocycles. The molecule has 1 aromatic rings. The molecule has 1 aliphatic rings. The normalized spacial score (nSPS) is 16.2. The SMILES string of the molecule is Cc1c(C(=O)N(C)CCN(C)C2CCN(C)CC2)cccc1[N+](=O)[O-]. The summed E-state index contributed by atoms with van der Waals surface area (Å²) in [5.74, 6) is -0.169. The number of likely N-dealkylation sites (tertiary alicyclic amines) is 1. The number of likely N-dealkylation sites (N-methyl/N-ethyl adjacent to an activating group) is 2. The highest BCUT2D eigenvalue weighted by atomic mass is 16.6. The van der Waals surface area contributed by atoms with Crippen LogP contribution in [0.4, 0.5) is 5.69 Å². The Bertz CT molecular complexity index is 627. The van der Waals surface area contributed by atoms with Crippen molar-refractivity contribution in [2.75, 3.05) is 47.3 Å². The van der Waals surface area contributed by atoms with Crippen LogP contribution in [0, 0.1) is 17.0 Å². The van der Waals surface area contributed by atoms with E-state index >= 15 is 0 Å². The van der Waals surface area contributed by atoms with Crippen LogP contribution in [0.5, 0.6) is 0 Å². The van der Waals surface area contributed by atoms with Gasteiger partial charge in [0.25, 0.3) is 11.6 Å². The van der Waals surface area contributed by atoms with E-state index in [1.807, 2.05) is 0 Å². The number of rotatable bonds is 6. The standard InChI is InChI=1S/C18H28N4O3/c1-14-16(6-5-7-17(14)22(24)25)18(23)21(4)13-12-20(3)15-8-10-19(2)11-9-15/h5-7,15H,8-13H2,1-4H3. The monoisotopic (exact) mass is 348 g/mol. The Balaban J connectivity index is 1.94. The van der Waals surface area contributed by atoms with Crippen molar-refractivity contribution in [1.82, 2.24) is 14.7 Å². The Morgan fingerprint density at radius 3 is 2.52 bits per heavy atom. The van der Waals surface area contributed by atoms with Crippen LogP contribution in [0.15, 0.2) is 18.2 Å². The highest BCUT2D eigenvalue weighted by Crippen LogP contribution is 2.22. The minimum atomic E-state index is -0.444. The third kappa shape index (κ3) is 4.76. The Morgan fingerprint density at radius 2 is 1.92 bits per heavy atom. The summed E-state index contributed by atoms with van der Waals surface area (Å²) in [6.07, 6.45) is 2.29. The third-order valence-corrected chi connectivity index (χ3v) is 5.18. The van der Waals surface area contributed by atoms with Crippen molar-refractivity contribution >= 4 is 11.6 Å². The minimum Gasteiger partial charge on any atom is -0.340 e. The molecule has 1 aromatic carbocycles. The van der Waals surface area contributed by atoms with Gasteiger partial charge in [-0.25, -0.2) is 0 Å². The number of hydrogen-bond acceptors (Lipinski definition) is 5. The fourth-order valence-electron chi connectivity index (χ4n) is 3.29. The maximum atomic E-state index is 12.7. The summed E-state index contributed by atoms with van der Waals surface area (Å²) >= 11 is 0. The molecule has 0 spiro atoms. The first kappa shape index (κ1) is 19.3. The van der Waals surface area contributed by atoms with Crippen molar-refractivity contribution in [1.29, 1.82) is 0 Å². The second-order valence-electron chi connectivity index (χ2n) is 6.95. The van der Waals surface area contributed by atoms with E-state index in [2.05, 4.69) is 23.9 Å². The fourth-order valence-corrected chi connectivity index (χ4v) is 3.29. The lowest BCUT2D eigenvalue weighted by Gasteiger charge is -2.35. The summed E-state index contributed by atoms with van der Waals surface area (Å²) < 4.78 is 0. The zero-order valence-corrected chi connectivity index (χ0v) is 15.6. The van der Waals surface area contributed by atoms with E-state index in [1.165, 1.54) is 6.07 Å². The summed E-state index contributed by atoms with van der Waals surface area (Å²) in [6.45, 7) is 5.24. The number of nitro groups is 1. The molecule has 0 radical (unpaired) electrons. The van der Waals surface area contributed by atoms with E-state index in [4.69, 9.17) is 0 Å². The van der Waals surface area contributed by atoms with Gasteiger partial charge in [-0.3, -0.25) is 14.9 Å². The largest absolute Gasteiger partial charge is 0.340 e. The lowest BCUT2D eigenvalue weighted by Crippen LogP contribution is -2.44. The molecule has 25 heavy (non-hydrogen) atoms. The first-order valence-electron chi connectivity index (χ1n) is 8.69. The Hall–Kier alpha value is -1.99. The van der Waals surface area contributed by atoms with Crippen LogP contribution >= 0.6 is 0 Å². The number of nitrogens with zero attached hydrogens (tertiary/aromatic N) is 4. The third-order valence-electron chi connectivity index (χ3n) is 5.18. The van der Waals surface area contributed by atoms with Gasteiger partial charge < -0.3 is 14.7 Å². The van der Waals surface area contributed by atoms with Gasteiger partial charge >= 0.3 is 0 Å². The molecule has 0 aliphatic carbocycles. The van der Waals surface area contributed by atoms with Crippen molar-refractivity contribution in [3.8, 4) is 0 Å². The zero-order chi connectivity index (χ0) is 18.6. The molecule has 0 saturated carbocycles. The fraction of sp³-hybridized carbons (Fsp3) is 0.611. The minimum absolute atomic E-state index is 0.0114. The van der Waals surface area contributed by atoms with Crippen molar-refractivity contribution in [3.05, 3.63) is 39.4 Å². The first-order valence-corrected chi connectivity index (χ1v) is 8.69. The summed E-state index contributed by atoms with van der Waals surface area (Å²) in [5, 5.41) is 11.1. The highest BCUT2D eigenvalue weighted by molar-refractivity contribution is 5.96. The van der Waals surface area contributed by atoms with Crippen molar-refractivity contribution in [2.45, 2.75) is 25.8 Å². The van der Waals surface area contributed by atoms with Crippen molar-refractivity contribution in [2.24, 2.45) is 0 Å². The number of piperidine rings is 1. The Kier molecular flexibility index (Phi) is 6.50. The van der Waals surface area contributed by atoms with E-state index in [0.29, 0.717) is 23.7 Å². The molecule has 138 valence electrons. The van der Waals surface area contributed by atoms with E-state index < -0.39 is 4.92 Å². The molecular formula is C18H28N4O3. The number of benzene rings is 1. The van der Waals surface area contributed by atoms with Gasteiger partial charge in [-0.1, -0.05) is 6.07 Å². The van der Waals surface area contributed by atoms with Gasteiger partial charge in [-0.2, -0.15) is 0 Å². The molecule has 0 aromatic heterocycles. The molecule has 0 N–H and O–H groups in total. The maximum Gasteiger partial charge on any atom is 0.273 e. The van der Waals surface area contributed by atoms with Crippen LogP contribution < -0.4 is 0 Å². The van der Waals surface area contributed by atoms with E-state index in [0.717, 1.165) is 32.5 Å². The molecule has 0 bridgehead atoms. The Labute approximate surface area is 149 Å².